The SMILES string of the molecule is CC1CCCC(C)C1NC(=O)C1CCS(=O)(=O)c2ccccc21. The first kappa shape index (κ1) is 16.5. The number of rotatable bonds is 2. The van der Waals surface area contributed by atoms with Gasteiger partial charge in [-0.25, -0.2) is 8.42 Å². The molecule has 1 aliphatic heterocycles. The molecular formula is C18H25NO3S. The smallest absolute Gasteiger partial charge is 0.227 e. The molecule has 1 amide bonds. The highest BCUT2D eigenvalue weighted by Crippen LogP contribution is 2.35. The van der Waals surface area contributed by atoms with Crippen LogP contribution in [0.1, 0.15) is 51.0 Å². The van der Waals surface area contributed by atoms with Gasteiger partial charge in [0.05, 0.1) is 16.6 Å². The van der Waals surface area contributed by atoms with Gasteiger partial charge in [-0.2, -0.15) is 0 Å². The van der Waals surface area contributed by atoms with Crippen LogP contribution in [0.15, 0.2) is 29.2 Å². The van der Waals surface area contributed by atoms with Crippen LogP contribution in [0.3, 0.4) is 0 Å². The Bertz CT molecular complexity index is 688. The normalized spacial score (nSPS) is 32.8. The van der Waals surface area contributed by atoms with Gasteiger partial charge in [0.2, 0.25) is 5.91 Å². The molecule has 1 aliphatic carbocycles. The van der Waals surface area contributed by atoms with Crippen molar-refractivity contribution in [2.75, 3.05) is 5.75 Å². The van der Waals surface area contributed by atoms with Crippen LogP contribution in [0.4, 0.5) is 0 Å². The van der Waals surface area contributed by atoms with Gasteiger partial charge in [0, 0.05) is 6.04 Å². The number of nitrogens with one attached hydrogen (secondary N) is 1. The summed E-state index contributed by atoms with van der Waals surface area (Å²) in [5.74, 6) is 0.641. The number of amides is 1. The largest absolute Gasteiger partial charge is 0.352 e. The van der Waals surface area contributed by atoms with Crippen molar-refractivity contribution in [1.29, 1.82) is 0 Å². The second kappa shape index (κ2) is 6.27. The summed E-state index contributed by atoms with van der Waals surface area (Å²) in [6.07, 6.45) is 3.88. The Labute approximate surface area is 138 Å². The third-order valence-corrected chi connectivity index (χ3v) is 7.29. The number of hydrogen-bond donors (Lipinski definition) is 1. The molecule has 23 heavy (non-hydrogen) atoms. The first-order chi connectivity index (χ1) is 10.9. The van der Waals surface area contributed by atoms with E-state index in [1.165, 1.54) is 6.42 Å². The lowest BCUT2D eigenvalue weighted by molar-refractivity contribution is -0.124. The van der Waals surface area contributed by atoms with Gasteiger partial charge < -0.3 is 5.32 Å². The topological polar surface area (TPSA) is 63.2 Å². The van der Waals surface area contributed by atoms with Crippen molar-refractivity contribution < 1.29 is 13.2 Å². The number of fused-ring (bicyclic) bond motifs is 1. The number of hydrogen-bond acceptors (Lipinski definition) is 3. The number of benzene rings is 1. The Morgan fingerprint density at radius 3 is 2.43 bits per heavy atom. The van der Waals surface area contributed by atoms with Gasteiger partial charge in [-0.3, -0.25) is 4.79 Å². The van der Waals surface area contributed by atoms with Gasteiger partial charge in [-0.15, -0.1) is 0 Å². The summed E-state index contributed by atoms with van der Waals surface area (Å²) in [5, 5.41) is 3.22. The molecule has 2 aliphatic rings. The third-order valence-electron chi connectivity index (χ3n) is 5.48. The number of carbonyl (C=O) groups is 1. The van der Waals surface area contributed by atoms with E-state index in [9.17, 15) is 13.2 Å². The van der Waals surface area contributed by atoms with Crippen LogP contribution < -0.4 is 5.32 Å². The molecule has 1 aromatic carbocycles. The highest BCUT2D eigenvalue weighted by molar-refractivity contribution is 7.91. The summed E-state index contributed by atoms with van der Waals surface area (Å²) < 4.78 is 24.4. The molecule has 3 unspecified atom stereocenters. The minimum absolute atomic E-state index is 0.0158. The van der Waals surface area contributed by atoms with E-state index in [-0.39, 0.29) is 23.6 Å². The maximum Gasteiger partial charge on any atom is 0.227 e. The van der Waals surface area contributed by atoms with Crippen LogP contribution in [0.2, 0.25) is 0 Å². The molecule has 1 N–H and O–H groups in total. The quantitative estimate of drug-likeness (QED) is 0.904. The zero-order valence-corrected chi connectivity index (χ0v) is 14.6. The molecule has 0 aromatic heterocycles. The predicted molar refractivity (Wildman–Crippen MR) is 90.0 cm³/mol. The summed E-state index contributed by atoms with van der Waals surface area (Å²) in [4.78, 5) is 13.2. The Morgan fingerprint density at radius 2 is 1.74 bits per heavy atom. The fourth-order valence-corrected chi connectivity index (χ4v) is 5.71. The Balaban J connectivity index is 1.83. The Hall–Kier alpha value is -1.36. The average molecular weight is 335 g/mol. The summed E-state index contributed by atoms with van der Waals surface area (Å²) in [6, 6.07) is 7.13. The van der Waals surface area contributed by atoms with E-state index in [0.717, 1.165) is 12.8 Å². The van der Waals surface area contributed by atoms with Gasteiger partial charge in [0.25, 0.3) is 0 Å². The van der Waals surface area contributed by atoms with Crippen molar-refractivity contribution in [3.05, 3.63) is 29.8 Å². The van der Waals surface area contributed by atoms with Crippen LogP contribution in [-0.4, -0.2) is 26.1 Å². The van der Waals surface area contributed by atoms with Crippen molar-refractivity contribution in [2.45, 2.75) is 56.4 Å². The van der Waals surface area contributed by atoms with E-state index in [1.807, 2.05) is 6.07 Å². The van der Waals surface area contributed by atoms with E-state index < -0.39 is 9.84 Å². The first-order valence-corrected chi connectivity index (χ1v) is 10.2. The highest BCUT2D eigenvalue weighted by atomic mass is 32.2. The Morgan fingerprint density at radius 1 is 1.09 bits per heavy atom. The summed E-state index contributed by atoms with van der Waals surface area (Å²) in [6.45, 7) is 4.39. The zero-order valence-electron chi connectivity index (χ0n) is 13.8. The molecule has 0 spiro atoms. The van der Waals surface area contributed by atoms with Crippen LogP contribution in [0.25, 0.3) is 0 Å². The molecule has 1 fully saturated rings. The van der Waals surface area contributed by atoms with Gasteiger partial charge in [-0.1, -0.05) is 38.5 Å². The average Bonchev–Trinajstić information content (AvgIpc) is 2.51. The molecule has 4 nitrogen and oxygen atoms in total. The molecule has 1 aromatic rings. The van der Waals surface area contributed by atoms with Gasteiger partial charge in [-0.05, 0) is 42.7 Å². The monoisotopic (exact) mass is 335 g/mol. The molecule has 1 saturated carbocycles. The third kappa shape index (κ3) is 3.16. The molecule has 3 rings (SSSR count). The van der Waals surface area contributed by atoms with E-state index >= 15 is 0 Å². The fraction of sp³-hybridized carbons (Fsp3) is 0.611. The predicted octanol–water partition coefficient (Wildman–Crippen LogP) is 2.89. The molecule has 0 bridgehead atoms. The second-order valence-electron chi connectivity index (χ2n) is 7.12. The van der Waals surface area contributed by atoms with Gasteiger partial charge in [0.1, 0.15) is 0 Å². The van der Waals surface area contributed by atoms with Crippen molar-refractivity contribution in [2.24, 2.45) is 11.8 Å². The summed E-state index contributed by atoms with van der Waals surface area (Å²) in [5.41, 5.74) is 0.660. The van der Waals surface area contributed by atoms with Crippen LogP contribution in [0.5, 0.6) is 0 Å². The molecular weight excluding hydrogens is 310 g/mol. The minimum atomic E-state index is -3.24. The fourth-order valence-electron chi connectivity index (χ4n) is 4.09. The molecule has 126 valence electrons. The van der Waals surface area contributed by atoms with Crippen LogP contribution in [-0.2, 0) is 14.6 Å². The summed E-state index contributed by atoms with van der Waals surface area (Å²) >= 11 is 0. The van der Waals surface area contributed by atoms with Crippen molar-refractivity contribution in [3.8, 4) is 0 Å². The minimum Gasteiger partial charge on any atom is -0.352 e. The first-order valence-electron chi connectivity index (χ1n) is 8.52. The van der Waals surface area contributed by atoms with Crippen molar-refractivity contribution in [3.63, 3.8) is 0 Å². The zero-order chi connectivity index (χ0) is 16.6. The number of sulfone groups is 1. The van der Waals surface area contributed by atoms with Crippen molar-refractivity contribution >= 4 is 15.7 Å². The lowest BCUT2D eigenvalue weighted by atomic mass is 9.78. The maximum absolute atomic E-state index is 12.8. The van der Waals surface area contributed by atoms with E-state index in [4.69, 9.17) is 0 Å². The number of carbonyl (C=O) groups excluding carboxylic acids is 1. The van der Waals surface area contributed by atoms with E-state index in [2.05, 4.69) is 19.2 Å². The summed E-state index contributed by atoms with van der Waals surface area (Å²) in [7, 11) is -3.24. The Kier molecular flexibility index (Phi) is 4.50. The van der Waals surface area contributed by atoms with E-state index in [0.29, 0.717) is 28.7 Å². The van der Waals surface area contributed by atoms with E-state index in [1.54, 1.807) is 18.2 Å². The standard InChI is InChI=1S/C18H25NO3S/c1-12-6-5-7-13(2)17(12)19-18(20)15-10-11-23(21,22)16-9-4-3-8-14(15)16/h3-4,8-9,12-13,15,17H,5-7,10-11H2,1-2H3,(H,19,20). The molecule has 0 radical (unpaired) electrons. The maximum atomic E-state index is 12.8. The lowest BCUT2D eigenvalue weighted by Gasteiger charge is -2.36. The van der Waals surface area contributed by atoms with Gasteiger partial charge in [0.15, 0.2) is 9.84 Å². The molecule has 5 heteroatoms. The van der Waals surface area contributed by atoms with Gasteiger partial charge >= 0.3 is 0 Å². The highest BCUT2D eigenvalue weighted by Gasteiger charge is 2.36. The van der Waals surface area contributed by atoms with Crippen LogP contribution >= 0.6 is 0 Å². The van der Waals surface area contributed by atoms with Crippen LogP contribution in [0, 0.1) is 11.8 Å². The van der Waals surface area contributed by atoms with Crippen molar-refractivity contribution in [1.82, 2.24) is 5.32 Å². The molecule has 3 atom stereocenters. The lowest BCUT2D eigenvalue weighted by Crippen LogP contribution is -2.48. The second-order valence-corrected chi connectivity index (χ2v) is 9.20. The molecule has 1 heterocycles. The molecule has 0 saturated heterocycles.